The van der Waals surface area contributed by atoms with Crippen molar-refractivity contribution in [2.24, 2.45) is 5.73 Å². The molecule has 0 aliphatic carbocycles. The van der Waals surface area contributed by atoms with E-state index >= 15 is 0 Å². The summed E-state index contributed by atoms with van der Waals surface area (Å²) in [5, 5.41) is 4.17. The molecular weight excluding hydrogens is 208 g/mol. The maximum Gasteiger partial charge on any atom is 0.350 e. The third-order valence-corrected chi connectivity index (χ3v) is 2.20. The Kier molecular flexibility index (Phi) is 3.33. The van der Waals surface area contributed by atoms with Crippen LogP contribution in [0.3, 0.4) is 0 Å². The van der Waals surface area contributed by atoms with E-state index in [1.54, 1.807) is 18.3 Å². The van der Waals surface area contributed by atoms with Crippen LogP contribution >= 0.6 is 0 Å². The van der Waals surface area contributed by atoms with Gasteiger partial charge in [-0.05, 0) is 12.1 Å². The minimum Gasteiger partial charge on any atom is -0.378 e. The van der Waals surface area contributed by atoms with Crippen LogP contribution in [0.5, 0.6) is 0 Å². The van der Waals surface area contributed by atoms with Crippen LogP contribution in [0.4, 0.5) is 0 Å². The number of aromatic nitrogens is 3. The molecule has 0 radical (unpaired) electrons. The van der Waals surface area contributed by atoms with Crippen LogP contribution in [-0.4, -0.2) is 33.9 Å². The van der Waals surface area contributed by atoms with Crippen LogP contribution in [0, 0.1) is 0 Å². The van der Waals surface area contributed by atoms with Gasteiger partial charge < -0.3 is 10.5 Å². The van der Waals surface area contributed by atoms with Gasteiger partial charge in [-0.25, -0.2) is 9.48 Å². The van der Waals surface area contributed by atoms with Crippen LogP contribution in [0.25, 0.3) is 5.65 Å². The Hall–Kier alpha value is -1.66. The van der Waals surface area contributed by atoms with Gasteiger partial charge in [0, 0.05) is 12.7 Å². The minimum atomic E-state index is -0.146. The van der Waals surface area contributed by atoms with Gasteiger partial charge in [-0.3, -0.25) is 4.40 Å². The highest BCUT2D eigenvalue weighted by Gasteiger charge is 2.04. The molecule has 0 spiro atoms. The summed E-state index contributed by atoms with van der Waals surface area (Å²) in [5.74, 6) is 0. The zero-order chi connectivity index (χ0) is 11.4. The Morgan fingerprint density at radius 3 is 3.00 bits per heavy atom. The highest BCUT2D eigenvalue weighted by molar-refractivity contribution is 5.35. The van der Waals surface area contributed by atoms with Gasteiger partial charge in [-0.15, -0.1) is 5.10 Å². The summed E-state index contributed by atoms with van der Waals surface area (Å²) in [5.41, 5.74) is 5.78. The summed E-state index contributed by atoms with van der Waals surface area (Å²) in [7, 11) is 0. The van der Waals surface area contributed by atoms with Crippen LogP contribution in [0.1, 0.15) is 0 Å². The van der Waals surface area contributed by atoms with E-state index in [0.717, 1.165) is 0 Å². The summed E-state index contributed by atoms with van der Waals surface area (Å²) in [6, 6.07) is 5.43. The van der Waals surface area contributed by atoms with Gasteiger partial charge in [-0.2, -0.15) is 0 Å². The summed E-state index contributed by atoms with van der Waals surface area (Å²) >= 11 is 0. The van der Waals surface area contributed by atoms with Gasteiger partial charge >= 0.3 is 5.69 Å². The number of ether oxygens (including phenoxy) is 1. The molecule has 2 heterocycles. The normalized spacial score (nSPS) is 11.1. The van der Waals surface area contributed by atoms with Crippen molar-refractivity contribution < 1.29 is 4.74 Å². The van der Waals surface area contributed by atoms with Crippen LogP contribution < -0.4 is 11.4 Å². The molecule has 0 saturated heterocycles. The van der Waals surface area contributed by atoms with E-state index in [1.807, 2.05) is 6.07 Å². The lowest BCUT2D eigenvalue weighted by Gasteiger charge is -2.00. The zero-order valence-electron chi connectivity index (χ0n) is 8.87. The van der Waals surface area contributed by atoms with Crippen LogP contribution in [-0.2, 0) is 11.3 Å². The maximum atomic E-state index is 11.8. The minimum absolute atomic E-state index is 0.146. The Labute approximate surface area is 92.2 Å². The number of pyridine rings is 1. The fourth-order valence-corrected chi connectivity index (χ4v) is 1.45. The fourth-order valence-electron chi connectivity index (χ4n) is 1.45. The van der Waals surface area contributed by atoms with Crippen LogP contribution in [0.2, 0.25) is 0 Å². The summed E-state index contributed by atoms with van der Waals surface area (Å²) in [6.45, 7) is 1.88. The largest absolute Gasteiger partial charge is 0.378 e. The number of nitrogens with zero attached hydrogens (tertiary/aromatic N) is 3. The quantitative estimate of drug-likeness (QED) is 0.690. The third kappa shape index (κ3) is 2.12. The highest BCUT2D eigenvalue weighted by atomic mass is 16.5. The number of hydrogen-bond acceptors (Lipinski definition) is 4. The number of hydrogen-bond donors (Lipinski definition) is 1. The first kappa shape index (κ1) is 10.8. The SMILES string of the molecule is NCCOCCn1nc2ccccn2c1=O. The monoisotopic (exact) mass is 222 g/mol. The van der Waals surface area contributed by atoms with Gasteiger partial charge in [-0.1, -0.05) is 6.07 Å². The van der Waals surface area contributed by atoms with Crippen molar-refractivity contribution in [3.8, 4) is 0 Å². The lowest BCUT2D eigenvalue weighted by molar-refractivity contribution is 0.130. The first-order valence-electron chi connectivity index (χ1n) is 5.15. The molecule has 0 amide bonds. The molecule has 2 aromatic rings. The number of fused-ring (bicyclic) bond motifs is 1. The molecular formula is C10H14N4O2. The van der Waals surface area contributed by atoms with Crippen molar-refractivity contribution in [3.63, 3.8) is 0 Å². The van der Waals surface area contributed by atoms with E-state index in [4.69, 9.17) is 10.5 Å². The molecule has 0 aliphatic heterocycles. The molecule has 0 saturated carbocycles. The lowest BCUT2D eigenvalue weighted by atomic mass is 10.5. The van der Waals surface area contributed by atoms with E-state index in [0.29, 0.717) is 32.0 Å². The van der Waals surface area contributed by atoms with E-state index in [1.165, 1.54) is 9.08 Å². The molecule has 16 heavy (non-hydrogen) atoms. The second-order valence-electron chi connectivity index (χ2n) is 3.34. The Balaban J connectivity index is 2.13. The molecule has 0 atom stereocenters. The lowest BCUT2D eigenvalue weighted by Crippen LogP contribution is -2.23. The first-order valence-corrected chi connectivity index (χ1v) is 5.15. The molecule has 0 aromatic carbocycles. The van der Waals surface area contributed by atoms with Gasteiger partial charge in [0.2, 0.25) is 0 Å². The molecule has 6 nitrogen and oxygen atoms in total. The van der Waals surface area contributed by atoms with Crippen molar-refractivity contribution in [2.45, 2.75) is 6.54 Å². The van der Waals surface area contributed by atoms with E-state index in [2.05, 4.69) is 5.10 Å². The van der Waals surface area contributed by atoms with Crippen molar-refractivity contribution >= 4 is 5.65 Å². The second kappa shape index (κ2) is 4.91. The summed E-state index contributed by atoms with van der Waals surface area (Å²) < 4.78 is 8.10. The molecule has 6 heteroatoms. The van der Waals surface area contributed by atoms with Crippen molar-refractivity contribution in [1.29, 1.82) is 0 Å². The average Bonchev–Trinajstić information content (AvgIpc) is 2.63. The molecule has 0 unspecified atom stereocenters. The number of rotatable bonds is 5. The first-order chi connectivity index (χ1) is 7.83. The molecule has 2 aromatic heterocycles. The Morgan fingerprint density at radius 1 is 1.38 bits per heavy atom. The van der Waals surface area contributed by atoms with Crippen LogP contribution in [0.15, 0.2) is 29.2 Å². The van der Waals surface area contributed by atoms with Gasteiger partial charge in [0.15, 0.2) is 5.65 Å². The van der Waals surface area contributed by atoms with Gasteiger partial charge in [0.05, 0.1) is 19.8 Å². The molecule has 2 N–H and O–H groups in total. The predicted molar refractivity (Wildman–Crippen MR) is 59.3 cm³/mol. The molecule has 86 valence electrons. The Bertz CT molecular complexity index is 517. The van der Waals surface area contributed by atoms with E-state index < -0.39 is 0 Å². The number of nitrogens with two attached hydrogens (primary N) is 1. The predicted octanol–water partition coefficient (Wildman–Crippen LogP) is -0.529. The topological polar surface area (TPSA) is 74.6 Å². The summed E-state index contributed by atoms with van der Waals surface area (Å²) in [6.07, 6.45) is 1.70. The maximum absolute atomic E-state index is 11.8. The van der Waals surface area contributed by atoms with E-state index in [9.17, 15) is 4.79 Å². The van der Waals surface area contributed by atoms with Crippen molar-refractivity contribution in [1.82, 2.24) is 14.2 Å². The van der Waals surface area contributed by atoms with Gasteiger partial charge in [0.1, 0.15) is 0 Å². The third-order valence-electron chi connectivity index (χ3n) is 2.20. The van der Waals surface area contributed by atoms with Crippen molar-refractivity contribution in [3.05, 3.63) is 34.9 Å². The Morgan fingerprint density at radius 2 is 2.25 bits per heavy atom. The molecule has 0 fully saturated rings. The van der Waals surface area contributed by atoms with Crippen molar-refractivity contribution in [2.75, 3.05) is 19.8 Å². The molecule has 2 rings (SSSR count). The van der Waals surface area contributed by atoms with E-state index in [-0.39, 0.29) is 5.69 Å². The van der Waals surface area contributed by atoms with Gasteiger partial charge in [0.25, 0.3) is 0 Å². The molecule has 0 bridgehead atoms. The highest BCUT2D eigenvalue weighted by Crippen LogP contribution is 1.94. The summed E-state index contributed by atoms with van der Waals surface area (Å²) in [4.78, 5) is 11.8. The standard InChI is InChI=1S/C10H14N4O2/c11-4-7-16-8-6-14-10(15)13-5-2-1-3-9(13)12-14/h1-3,5H,4,6-8,11H2. The molecule has 0 aliphatic rings. The fraction of sp³-hybridized carbons (Fsp3) is 0.400. The zero-order valence-corrected chi connectivity index (χ0v) is 8.87. The average molecular weight is 222 g/mol. The second-order valence-corrected chi connectivity index (χ2v) is 3.34. The smallest absolute Gasteiger partial charge is 0.350 e.